The highest BCUT2D eigenvalue weighted by atomic mass is 32.2. The molecule has 0 aliphatic carbocycles. The summed E-state index contributed by atoms with van der Waals surface area (Å²) in [4.78, 5) is 23.7. The molecule has 2 aliphatic rings. The lowest BCUT2D eigenvalue weighted by molar-refractivity contribution is -0.148. The zero-order valence-electron chi connectivity index (χ0n) is 19.3. The van der Waals surface area contributed by atoms with Crippen LogP contribution in [0.3, 0.4) is 0 Å². The van der Waals surface area contributed by atoms with Crippen molar-refractivity contribution >= 4 is 35.5 Å². The molecule has 0 amide bonds. The van der Waals surface area contributed by atoms with Gasteiger partial charge in [-0.05, 0) is 26.2 Å². The number of cyclic esters (lactones) is 1. The lowest BCUT2D eigenvalue weighted by atomic mass is 9.89. The summed E-state index contributed by atoms with van der Waals surface area (Å²) in [6.07, 6.45) is 16.1. The fraction of sp³-hybridized carbons (Fsp3) is 0.917. The van der Waals surface area contributed by atoms with Crippen LogP contribution in [0.15, 0.2) is 0 Å². The number of methoxy groups -OCH3 is 1. The first kappa shape index (κ1) is 25.9. The second-order valence-corrected chi connectivity index (χ2v) is 12.5. The van der Waals surface area contributed by atoms with Gasteiger partial charge in [-0.1, -0.05) is 71.1 Å². The number of hydrogen-bond donors (Lipinski definition) is 0. The molecule has 0 aromatic rings. The van der Waals surface area contributed by atoms with Gasteiger partial charge in [0.25, 0.3) is 0 Å². The standard InChI is InChI=1S/C24H42O4S2/c1-19-21(23(26)27-3)20(28-22(19)25)15-13-11-9-7-5-4-6-8-10-12-14-16-24(2)29-17-18-30-24/h19-21H,4-18H2,1-3H3/t19-,20-,21+/m0/s1. The van der Waals surface area contributed by atoms with Crippen molar-refractivity contribution in [3.63, 3.8) is 0 Å². The molecule has 0 saturated carbocycles. The van der Waals surface area contributed by atoms with Crippen molar-refractivity contribution in [1.82, 2.24) is 0 Å². The third kappa shape index (κ3) is 8.64. The van der Waals surface area contributed by atoms with Gasteiger partial charge in [-0.2, -0.15) is 0 Å². The predicted octanol–water partition coefficient (Wildman–Crippen LogP) is 6.60. The van der Waals surface area contributed by atoms with E-state index in [-0.39, 0.29) is 24.0 Å². The Labute approximate surface area is 192 Å². The number of thioether (sulfide) groups is 2. The quantitative estimate of drug-likeness (QED) is 0.203. The SMILES string of the molecule is COC(=O)[C@H]1[C@H](CCCCCCCCCCCCCC2(C)SCCS2)OC(=O)[C@H]1C. The van der Waals surface area contributed by atoms with Crippen LogP contribution < -0.4 is 0 Å². The van der Waals surface area contributed by atoms with Gasteiger partial charge in [0.1, 0.15) is 12.0 Å². The number of ether oxygens (including phenoxy) is 2. The molecule has 30 heavy (non-hydrogen) atoms. The van der Waals surface area contributed by atoms with E-state index in [1.807, 2.05) is 0 Å². The van der Waals surface area contributed by atoms with Crippen LogP contribution in [0.5, 0.6) is 0 Å². The van der Waals surface area contributed by atoms with Crippen LogP contribution in [0.25, 0.3) is 0 Å². The molecule has 0 bridgehead atoms. The van der Waals surface area contributed by atoms with Crippen LogP contribution in [0.2, 0.25) is 0 Å². The monoisotopic (exact) mass is 458 g/mol. The second kappa shape index (κ2) is 13.9. The van der Waals surface area contributed by atoms with E-state index in [2.05, 4.69) is 30.4 Å². The molecule has 2 rings (SSSR count). The van der Waals surface area contributed by atoms with Gasteiger partial charge in [0.05, 0.1) is 17.1 Å². The summed E-state index contributed by atoms with van der Waals surface area (Å²) < 4.78 is 10.8. The molecule has 6 heteroatoms. The smallest absolute Gasteiger partial charge is 0.313 e. The maximum absolute atomic E-state index is 11.9. The zero-order valence-corrected chi connectivity index (χ0v) is 20.9. The average molecular weight is 459 g/mol. The number of carbonyl (C=O) groups is 2. The molecular weight excluding hydrogens is 416 g/mol. The van der Waals surface area contributed by atoms with Crippen LogP contribution in [-0.4, -0.2) is 40.7 Å². The molecule has 174 valence electrons. The molecule has 4 nitrogen and oxygen atoms in total. The van der Waals surface area contributed by atoms with Crippen molar-refractivity contribution in [2.24, 2.45) is 11.8 Å². The molecule has 0 N–H and O–H groups in total. The van der Waals surface area contributed by atoms with Gasteiger partial charge in [-0.3, -0.25) is 9.59 Å². The largest absolute Gasteiger partial charge is 0.469 e. The van der Waals surface area contributed by atoms with Gasteiger partial charge in [0, 0.05) is 11.5 Å². The Morgan fingerprint density at radius 1 is 0.967 bits per heavy atom. The van der Waals surface area contributed by atoms with E-state index >= 15 is 0 Å². The molecule has 0 radical (unpaired) electrons. The number of esters is 2. The van der Waals surface area contributed by atoms with Crippen molar-refractivity contribution in [2.75, 3.05) is 18.6 Å². The van der Waals surface area contributed by atoms with E-state index in [0.717, 1.165) is 19.3 Å². The van der Waals surface area contributed by atoms with E-state index in [1.54, 1.807) is 6.92 Å². The summed E-state index contributed by atoms with van der Waals surface area (Å²) in [6, 6.07) is 0. The second-order valence-electron chi connectivity index (χ2n) is 9.07. The topological polar surface area (TPSA) is 52.6 Å². The van der Waals surface area contributed by atoms with Gasteiger partial charge < -0.3 is 9.47 Å². The highest BCUT2D eigenvalue weighted by Crippen LogP contribution is 2.46. The Bertz CT molecular complexity index is 519. The third-order valence-electron chi connectivity index (χ3n) is 6.57. The van der Waals surface area contributed by atoms with Crippen molar-refractivity contribution in [2.45, 2.75) is 108 Å². The Hall–Kier alpha value is -0.360. The van der Waals surface area contributed by atoms with Crippen molar-refractivity contribution < 1.29 is 19.1 Å². The van der Waals surface area contributed by atoms with E-state index in [9.17, 15) is 9.59 Å². The zero-order chi connectivity index (χ0) is 21.8. The predicted molar refractivity (Wildman–Crippen MR) is 128 cm³/mol. The normalized spacial score (nSPS) is 25.4. The summed E-state index contributed by atoms with van der Waals surface area (Å²) in [5.41, 5.74) is 0. The fourth-order valence-electron chi connectivity index (χ4n) is 4.61. The molecule has 2 heterocycles. The highest BCUT2D eigenvalue weighted by Gasteiger charge is 2.46. The number of hydrogen-bond acceptors (Lipinski definition) is 6. The van der Waals surface area contributed by atoms with E-state index < -0.39 is 5.92 Å². The molecule has 2 fully saturated rings. The lowest BCUT2D eigenvalue weighted by Crippen LogP contribution is -2.29. The van der Waals surface area contributed by atoms with Crippen molar-refractivity contribution in [3.05, 3.63) is 0 Å². The van der Waals surface area contributed by atoms with Crippen LogP contribution >= 0.6 is 23.5 Å². The average Bonchev–Trinajstić information content (AvgIpc) is 3.28. The van der Waals surface area contributed by atoms with E-state index in [0.29, 0.717) is 4.08 Å². The highest BCUT2D eigenvalue weighted by molar-refractivity contribution is 8.21. The third-order valence-corrected chi connectivity index (χ3v) is 9.98. The molecular formula is C24H42O4S2. The minimum Gasteiger partial charge on any atom is -0.469 e. The summed E-state index contributed by atoms with van der Waals surface area (Å²) >= 11 is 4.32. The molecule has 0 aromatic carbocycles. The van der Waals surface area contributed by atoms with Crippen LogP contribution in [0.1, 0.15) is 97.3 Å². The van der Waals surface area contributed by atoms with Gasteiger partial charge in [0.15, 0.2) is 0 Å². The minimum atomic E-state index is -0.430. The Morgan fingerprint density at radius 2 is 1.47 bits per heavy atom. The summed E-state index contributed by atoms with van der Waals surface area (Å²) in [6.45, 7) is 4.19. The maximum atomic E-state index is 11.9. The summed E-state index contributed by atoms with van der Waals surface area (Å²) in [5.74, 6) is 1.28. The molecule has 0 spiro atoms. The first-order valence-electron chi connectivity index (χ1n) is 12.0. The summed E-state index contributed by atoms with van der Waals surface area (Å²) in [5, 5.41) is 0. The van der Waals surface area contributed by atoms with Crippen molar-refractivity contribution in [1.29, 1.82) is 0 Å². The molecule has 0 aromatic heterocycles. The number of rotatable bonds is 15. The van der Waals surface area contributed by atoms with Crippen molar-refractivity contribution in [3.8, 4) is 0 Å². The first-order valence-corrected chi connectivity index (χ1v) is 14.0. The van der Waals surface area contributed by atoms with Crippen LogP contribution in [0, 0.1) is 11.8 Å². The van der Waals surface area contributed by atoms with Crippen LogP contribution in [0.4, 0.5) is 0 Å². The molecule has 2 saturated heterocycles. The Balaban J connectivity index is 1.39. The van der Waals surface area contributed by atoms with Gasteiger partial charge in [-0.25, -0.2) is 0 Å². The van der Waals surface area contributed by atoms with E-state index in [1.165, 1.54) is 82.8 Å². The minimum absolute atomic E-state index is 0.263. The molecule has 0 unspecified atom stereocenters. The Kier molecular flexibility index (Phi) is 12.0. The van der Waals surface area contributed by atoms with Gasteiger partial charge in [-0.15, -0.1) is 23.5 Å². The maximum Gasteiger partial charge on any atom is 0.313 e. The number of unbranched alkanes of at least 4 members (excludes halogenated alkanes) is 10. The number of carbonyl (C=O) groups excluding carboxylic acids is 2. The summed E-state index contributed by atoms with van der Waals surface area (Å²) in [7, 11) is 1.38. The Morgan fingerprint density at radius 3 is 2.00 bits per heavy atom. The lowest BCUT2D eigenvalue weighted by Gasteiger charge is -2.21. The van der Waals surface area contributed by atoms with Crippen LogP contribution in [-0.2, 0) is 19.1 Å². The molecule has 3 atom stereocenters. The van der Waals surface area contributed by atoms with Gasteiger partial charge in [0.2, 0.25) is 0 Å². The first-order chi connectivity index (χ1) is 14.5. The fourth-order valence-corrected chi connectivity index (χ4v) is 7.55. The van der Waals surface area contributed by atoms with Gasteiger partial charge >= 0.3 is 11.9 Å². The molecule has 2 aliphatic heterocycles. The van der Waals surface area contributed by atoms with E-state index in [4.69, 9.17) is 9.47 Å².